The van der Waals surface area contributed by atoms with Gasteiger partial charge in [-0.1, -0.05) is 0 Å². The molecule has 0 unspecified atom stereocenters. The zero-order chi connectivity index (χ0) is 9.97. The summed E-state index contributed by atoms with van der Waals surface area (Å²) in [6.45, 7) is 0.431. The lowest BCUT2D eigenvalue weighted by Crippen LogP contribution is -2.03. The molecule has 0 atom stereocenters. The fourth-order valence-corrected chi connectivity index (χ4v) is 1.50. The fourth-order valence-electron chi connectivity index (χ4n) is 0.932. The second-order valence-corrected chi connectivity index (χ2v) is 3.40. The Bertz CT molecular complexity index is 470. The molecule has 0 amide bonds. The molecule has 74 valence electrons. The standard InChI is InChI=1S/C6H8N6OS/c7-3-1-5(14-12-3)8-2-4-9-6(13)11-10-4/h1,8H,2H2,(H2,7,12)(H2,9,10,11,13). The number of aromatic amines is 2. The van der Waals surface area contributed by atoms with E-state index >= 15 is 0 Å². The first-order valence-corrected chi connectivity index (χ1v) is 4.61. The van der Waals surface area contributed by atoms with Gasteiger partial charge in [0.25, 0.3) is 0 Å². The van der Waals surface area contributed by atoms with Crippen molar-refractivity contribution in [1.82, 2.24) is 19.6 Å². The van der Waals surface area contributed by atoms with Crippen LogP contribution in [0.15, 0.2) is 10.9 Å². The third-order valence-electron chi connectivity index (χ3n) is 1.51. The van der Waals surface area contributed by atoms with Crippen molar-refractivity contribution in [2.75, 3.05) is 11.1 Å². The summed E-state index contributed by atoms with van der Waals surface area (Å²) in [5.74, 6) is 1.02. The van der Waals surface area contributed by atoms with Crippen LogP contribution in [0.4, 0.5) is 10.8 Å². The predicted octanol–water partition coefficient (Wildman–Crippen LogP) is -0.251. The highest BCUT2D eigenvalue weighted by Gasteiger charge is 2.00. The van der Waals surface area contributed by atoms with Gasteiger partial charge in [-0.2, -0.15) is 9.47 Å². The molecule has 0 bridgehead atoms. The minimum atomic E-state index is -0.314. The smallest absolute Gasteiger partial charge is 0.340 e. The molecule has 0 aliphatic carbocycles. The maximum Gasteiger partial charge on any atom is 0.340 e. The van der Waals surface area contributed by atoms with E-state index in [-0.39, 0.29) is 5.69 Å². The third-order valence-corrected chi connectivity index (χ3v) is 2.27. The Labute approximate surface area is 82.5 Å². The van der Waals surface area contributed by atoms with Gasteiger partial charge in [-0.25, -0.2) is 9.89 Å². The first-order chi connectivity index (χ1) is 6.74. The number of nitrogen functional groups attached to an aromatic ring is 1. The van der Waals surface area contributed by atoms with Gasteiger partial charge >= 0.3 is 5.69 Å². The Hall–Kier alpha value is -1.83. The SMILES string of the molecule is Nc1cc(NCc2n[nH]c(=O)[nH]2)sn1. The van der Waals surface area contributed by atoms with Crippen LogP contribution in [0.25, 0.3) is 0 Å². The lowest BCUT2D eigenvalue weighted by Gasteiger charge is -1.96. The summed E-state index contributed by atoms with van der Waals surface area (Å²) in [6.07, 6.45) is 0. The number of hydrogen-bond donors (Lipinski definition) is 4. The van der Waals surface area contributed by atoms with Crippen molar-refractivity contribution in [1.29, 1.82) is 0 Å². The van der Waals surface area contributed by atoms with Crippen molar-refractivity contribution < 1.29 is 0 Å². The first-order valence-electron chi connectivity index (χ1n) is 3.83. The maximum atomic E-state index is 10.7. The van der Waals surface area contributed by atoms with Crippen LogP contribution >= 0.6 is 11.5 Å². The summed E-state index contributed by atoms with van der Waals surface area (Å²) >= 11 is 1.26. The summed E-state index contributed by atoms with van der Waals surface area (Å²) in [5.41, 5.74) is 5.12. The summed E-state index contributed by atoms with van der Waals surface area (Å²) in [5, 5.41) is 9.86. The predicted molar refractivity (Wildman–Crippen MR) is 53.1 cm³/mol. The molecule has 5 N–H and O–H groups in total. The van der Waals surface area contributed by atoms with Gasteiger partial charge < -0.3 is 11.1 Å². The molecule has 2 aromatic heterocycles. The normalized spacial score (nSPS) is 10.3. The van der Waals surface area contributed by atoms with Crippen LogP contribution in [0.1, 0.15) is 5.82 Å². The topological polar surface area (TPSA) is 112 Å². The van der Waals surface area contributed by atoms with Gasteiger partial charge in [0.05, 0.1) is 6.54 Å². The summed E-state index contributed by atoms with van der Waals surface area (Å²) in [6, 6.07) is 1.72. The molecular weight excluding hydrogens is 204 g/mol. The van der Waals surface area contributed by atoms with Gasteiger partial charge in [-0.15, -0.1) is 0 Å². The summed E-state index contributed by atoms with van der Waals surface area (Å²) in [4.78, 5) is 13.2. The molecule has 0 spiro atoms. The maximum absolute atomic E-state index is 10.7. The van der Waals surface area contributed by atoms with Crippen molar-refractivity contribution >= 4 is 22.4 Å². The van der Waals surface area contributed by atoms with E-state index in [0.29, 0.717) is 18.2 Å². The van der Waals surface area contributed by atoms with Crippen molar-refractivity contribution in [2.45, 2.75) is 6.54 Å². The number of hydrogen-bond acceptors (Lipinski definition) is 6. The largest absolute Gasteiger partial charge is 0.383 e. The van der Waals surface area contributed by atoms with E-state index in [1.807, 2.05) is 0 Å². The van der Waals surface area contributed by atoms with E-state index in [0.717, 1.165) is 5.00 Å². The average molecular weight is 212 g/mol. The fraction of sp³-hybridized carbons (Fsp3) is 0.167. The molecule has 0 radical (unpaired) electrons. The number of rotatable bonds is 3. The lowest BCUT2D eigenvalue weighted by molar-refractivity contribution is 0.956. The van der Waals surface area contributed by atoms with Crippen molar-refractivity contribution in [3.05, 3.63) is 22.4 Å². The Kier molecular flexibility index (Phi) is 2.19. The van der Waals surface area contributed by atoms with Crippen LogP contribution in [-0.4, -0.2) is 19.6 Å². The number of nitrogens with two attached hydrogens (primary N) is 1. The number of aromatic nitrogens is 4. The van der Waals surface area contributed by atoms with Crippen LogP contribution in [-0.2, 0) is 6.54 Å². The monoisotopic (exact) mass is 212 g/mol. The molecule has 8 heteroatoms. The molecule has 0 fully saturated rings. The third kappa shape index (κ3) is 1.91. The Balaban J connectivity index is 1.98. The Morgan fingerprint density at radius 1 is 1.64 bits per heavy atom. The average Bonchev–Trinajstić information content (AvgIpc) is 2.72. The summed E-state index contributed by atoms with van der Waals surface area (Å²) in [7, 11) is 0. The first kappa shape index (κ1) is 8.75. The molecule has 0 saturated carbocycles. The molecule has 2 rings (SSSR count). The van der Waals surface area contributed by atoms with Gasteiger partial charge in [-0.05, 0) is 11.5 Å². The molecule has 0 aromatic carbocycles. The highest BCUT2D eigenvalue weighted by atomic mass is 32.1. The van der Waals surface area contributed by atoms with Crippen LogP contribution in [0.2, 0.25) is 0 Å². The van der Waals surface area contributed by atoms with Gasteiger partial charge in [-0.3, -0.25) is 4.98 Å². The van der Waals surface area contributed by atoms with E-state index < -0.39 is 0 Å². The molecule has 14 heavy (non-hydrogen) atoms. The van der Waals surface area contributed by atoms with E-state index in [1.54, 1.807) is 6.07 Å². The Morgan fingerprint density at radius 3 is 3.07 bits per heavy atom. The number of H-pyrrole nitrogens is 2. The summed E-state index contributed by atoms with van der Waals surface area (Å²) < 4.78 is 3.89. The second kappa shape index (κ2) is 3.50. The highest BCUT2D eigenvalue weighted by molar-refractivity contribution is 7.10. The number of nitrogens with zero attached hydrogens (tertiary/aromatic N) is 2. The van der Waals surface area contributed by atoms with Crippen LogP contribution < -0.4 is 16.7 Å². The minimum Gasteiger partial charge on any atom is -0.383 e. The molecular formula is C6H8N6OS. The molecule has 7 nitrogen and oxygen atoms in total. The van der Waals surface area contributed by atoms with Crippen molar-refractivity contribution in [3.8, 4) is 0 Å². The quantitative estimate of drug-likeness (QED) is 0.560. The van der Waals surface area contributed by atoms with Crippen molar-refractivity contribution in [3.63, 3.8) is 0 Å². The lowest BCUT2D eigenvalue weighted by atomic mass is 10.5. The molecule has 0 aliphatic rings. The van der Waals surface area contributed by atoms with E-state index in [2.05, 4.69) is 24.9 Å². The molecule has 2 heterocycles. The molecule has 0 saturated heterocycles. The Morgan fingerprint density at radius 2 is 2.50 bits per heavy atom. The van der Waals surface area contributed by atoms with E-state index in [1.165, 1.54) is 11.5 Å². The van der Waals surface area contributed by atoms with Gasteiger partial charge in [0, 0.05) is 6.07 Å². The van der Waals surface area contributed by atoms with Gasteiger partial charge in [0.15, 0.2) is 0 Å². The van der Waals surface area contributed by atoms with Crippen LogP contribution in [0, 0.1) is 0 Å². The number of nitrogens with one attached hydrogen (secondary N) is 3. The van der Waals surface area contributed by atoms with Crippen LogP contribution in [0.5, 0.6) is 0 Å². The van der Waals surface area contributed by atoms with Crippen LogP contribution in [0.3, 0.4) is 0 Å². The number of anilines is 2. The van der Waals surface area contributed by atoms with E-state index in [9.17, 15) is 4.79 Å². The second-order valence-electron chi connectivity index (χ2n) is 2.59. The van der Waals surface area contributed by atoms with E-state index in [4.69, 9.17) is 5.73 Å². The zero-order valence-corrected chi connectivity index (χ0v) is 7.89. The van der Waals surface area contributed by atoms with Crippen molar-refractivity contribution in [2.24, 2.45) is 0 Å². The highest BCUT2D eigenvalue weighted by Crippen LogP contribution is 2.17. The molecule has 0 aliphatic heterocycles. The van der Waals surface area contributed by atoms with Gasteiger partial charge in [0.2, 0.25) is 0 Å². The van der Waals surface area contributed by atoms with Gasteiger partial charge in [0.1, 0.15) is 16.6 Å². The minimum absolute atomic E-state index is 0.314. The zero-order valence-electron chi connectivity index (χ0n) is 7.07. The molecule has 2 aromatic rings.